The molecule has 1 aromatic rings. The molecule has 0 heterocycles. The molecule has 2 aliphatic carbocycles. The van der Waals surface area contributed by atoms with Crippen molar-refractivity contribution in [3.8, 4) is 0 Å². The van der Waals surface area contributed by atoms with Gasteiger partial charge in [-0.1, -0.05) is 24.6 Å². The van der Waals surface area contributed by atoms with Gasteiger partial charge >= 0.3 is 0 Å². The van der Waals surface area contributed by atoms with E-state index in [0.29, 0.717) is 11.4 Å². The maximum atomic E-state index is 5.95. The van der Waals surface area contributed by atoms with Crippen molar-refractivity contribution in [2.75, 3.05) is 11.9 Å². The number of nitrogens with one attached hydrogen (secondary N) is 1. The Balaban J connectivity index is 1.59. The molecule has 3 N–H and O–H groups in total. The van der Waals surface area contributed by atoms with Gasteiger partial charge < -0.3 is 11.1 Å². The Hall–Kier alpha value is -1.51. The van der Waals surface area contributed by atoms with E-state index in [1.54, 1.807) is 0 Å². The lowest BCUT2D eigenvalue weighted by molar-refractivity contribution is 0.113. The lowest BCUT2D eigenvalue weighted by atomic mass is 9.65. The summed E-state index contributed by atoms with van der Waals surface area (Å²) in [6.07, 6.45) is 6.88. The Kier molecular flexibility index (Phi) is 2.98. The number of nitrogens with zero attached hydrogens (tertiary/aromatic N) is 1. The number of para-hydroxylation sites is 1. The summed E-state index contributed by atoms with van der Waals surface area (Å²) < 4.78 is 0. The van der Waals surface area contributed by atoms with Crippen LogP contribution in [0, 0.1) is 11.3 Å². The molecule has 0 unspecified atom stereocenters. The number of anilines is 1. The van der Waals surface area contributed by atoms with Gasteiger partial charge in [0.15, 0.2) is 5.96 Å². The molecule has 96 valence electrons. The molecule has 1 aromatic carbocycles. The van der Waals surface area contributed by atoms with Crippen LogP contribution in [-0.2, 0) is 0 Å². The Morgan fingerprint density at radius 3 is 2.56 bits per heavy atom. The highest BCUT2D eigenvalue weighted by molar-refractivity contribution is 5.92. The van der Waals surface area contributed by atoms with E-state index in [4.69, 9.17) is 5.73 Å². The lowest BCUT2D eigenvalue weighted by Gasteiger charge is -2.41. The van der Waals surface area contributed by atoms with Crippen LogP contribution in [0.5, 0.6) is 0 Å². The molecule has 3 heteroatoms. The minimum absolute atomic E-state index is 0.503. The molecule has 0 atom stereocenters. The van der Waals surface area contributed by atoms with Gasteiger partial charge in [0.05, 0.1) is 0 Å². The second-order valence-corrected chi connectivity index (χ2v) is 5.68. The van der Waals surface area contributed by atoms with Crippen LogP contribution in [0.4, 0.5) is 5.69 Å². The van der Waals surface area contributed by atoms with Crippen molar-refractivity contribution < 1.29 is 0 Å². The minimum Gasteiger partial charge on any atom is -0.370 e. The third kappa shape index (κ3) is 2.35. The molecule has 0 aromatic heterocycles. The number of nitrogens with two attached hydrogens (primary N) is 1. The van der Waals surface area contributed by atoms with Crippen LogP contribution >= 0.6 is 0 Å². The summed E-state index contributed by atoms with van der Waals surface area (Å²) in [5.74, 6) is 1.48. The van der Waals surface area contributed by atoms with E-state index < -0.39 is 0 Å². The second-order valence-electron chi connectivity index (χ2n) is 5.68. The number of hydrogen-bond acceptors (Lipinski definition) is 1. The van der Waals surface area contributed by atoms with E-state index in [2.05, 4.69) is 10.3 Å². The number of benzene rings is 1. The van der Waals surface area contributed by atoms with Gasteiger partial charge in [0.2, 0.25) is 0 Å². The predicted octanol–water partition coefficient (Wildman–Crippen LogP) is 2.99. The first-order valence-corrected chi connectivity index (χ1v) is 6.91. The molecule has 0 radical (unpaired) electrons. The molecule has 0 spiro atoms. The average Bonchev–Trinajstić information content (AvgIpc) is 3.14. The molecule has 3 rings (SSSR count). The zero-order chi connectivity index (χ0) is 12.4. The molecule has 18 heavy (non-hydrogen) atoms. The lowest BCUT2D eigenvalue weighted by Crippen LogP contribution is -2.36. The van der Waals surface area contributed by atoms with Crippen LogP contribution in [-0.4, -0.2) is 12.5 Å². The summed E-state index contributed by atoms with van der Waals surface area (Å²) in [6, 6.07) is 9.99. The van der Waals surface area contributed by atoms with Crippen molar-refractivity contribution in [3.63, 3.8) is 0 Å². The third-order valence-electron chi connectivity index (χ3n) is 4.40. The molecular formula is C15H21N3. The Morgan fingerprint density at radius 1 is 1.28 bits per heavy atom. The van der Waals surface area contributed by atoms with Crippen LogP contribution in [0.25, 0.3) is 0 Å². The molecule has 3 nitrogen and oxygen atoms in total. The fourth-order valence-electron chi connectivity index (χ4n) is 2.97. The van der Waals surface area contributed by atoms with E-state index >= 15 is 0 Å². The zero-order valence-electron chi connectivity index (χ0n) is 10.7. The largest absolute Gasteiger partial charge is 0.370 e. The quantitative estimate of drug-likeness (QED) is 0.631. The van der Waals surface area contributed by atoms with E-state index in [9.17, 15) is 0 Å². The summed E-state index contributed by atoms with van der Waals surface area (Å²) in [6.45, 7) is 0.906. The Labute approximate surface area is 108 Å². The van der Waals surface area contributed by atoms with Gasteiger partial charge in [0, 0.05) is 12.2 Å². The topological polar surface area (TPSA) is 50.4 Å². The normalized spacial score (nSPS) is 22.3. The molecule has 0 bridgehead atoms. The van der Waals surface area contributed by atoms with E-state index in [0.717, 1.165) is 18.2 Å². The predicted molar refractivity (Wildman–Crippen MR) is 75.6 cm³/mol. The summed E-state index contributed by atoms with van der Waals surface area (Å²) in [4.78, 5) is 4.56. The van der Waals surface area contributed by atoms with Crippen molar-refractivity contribution >= 4 is 11.6 Å². The van der Waals surface area contributed by atoms with Crippen LogP contribution < -0.4 is 11.1 Å². The van der Waals surface area contributed by atoms with E-state index in [-0.39, 0.29) is 0 Å². The standard InChI is InChI=1S/C15H21N3/c16-14(18-13-5-2-1-3-6-13)17-11-15(9-4-10-15)12-7-8-12/h1-3,5-6,12H,4,7-11H2,(H3,16,17,18). The number of hydrogen-bond donors (Lipinski definition) is 2. The van der Waals surface area contributed by atoms with Gasteiger partial charge in [-0.3, -0.25) is 4.99 Å². The molecule has 2 aliphatic rings. The highest BCUT2D eigenvalue weighted by Gasteiger charge is 2.48. The maximum Gasteiger partial charge on any atom is 0.193 e. The van der Waals surface area contributed by atoms with Gasteiger partial charge in [-0.2, -0.15) is 0 Å². The summed E-state index contributed by atoms with van der Waals surface area (Å²) >= 11 is 0. The summed E-state index contributed by atoms with van der Waals surface area (Å²) in [7, 11) is 0. The van der Waals surface area contributed by atoms with Crippen LogP contribution in [0.15, 0.2) is 35.3 Å². The SMILES string of the molecule is NC(=NCC1(C2CC2)CCC1)Nc1ccccc1. The minimum atomic E-state index is 0.503. The van der Waals surface area contributed by atoms with Crippen LogP contribution in [0.2, 0.25) is 0 Å². The number of aliphatic imine (C=N–C) groups is 1. The first-order chi connectivity index (χ1) is 8.78. The van der Waals surface area contributed by atoms with E-state index in [1.165, 1.54) is 32.1 Å². The summed E-state index contributed by atoms with van der Waals surface area (Å²) in [5.41, 5.74) is 7.46. The van der Waals surface area contributed by atoms with Crippen molar-refractivity contribution in [1.29, 1.82) is 0 Å². The molecule has 0 saturated heterocycles. The monoisotopic (exact) mass is 243 g/mol. The van der Waals surface area contributed by atoms with Crippen molar-refractivity contribution in [2.45, 2.75) is 32.1 Å². The molecule has 0 aliphatic heterocycles. The average molecular weight is 243 g/mol. The van der Waals surface area contributed by atoms with Gasteiger partial charge in [0.25, 0.3) is 0 Å². The molecule has 0 amide bonds. The first kappa shape index (κ1) is 11.6. The van der Waals surface area contributed by atoms with Crippen molar-refractivity contribution in [2.24, 2.45) is 22.1 Å². The summed E-state index contributed by atoms with van der Waals surface area (Å²) in [5, 5.41) is 3.15. The third-order valence-corrected chi connectivity index (χ3v) is 4.40. The fourth-order valence-corrected chi connectivity index (χ4v) is 2.97. The molecule has 2 saturated carbocycles. The number of rotatable bonds is 4. The highest BCUT2D eigenvalue weighted by atomic mass is 15.1. The maximum absolute atomic E-state index is 5.95. The van der Waals surface area contributed by atoms with Crippen molar-refractivity contribution in [1.82, 2.24) is 0 Å². The fraction of sp³-hybridized carbons (Fsp3) is 0.533. The first-order valence-electron chi connectivity index (χ1n) is 6.91. The Bertz CT molecular complexity index is 430. The Morgan fingerprint density at radius 2 is 2.00 bits per heavy atom. The van der Waals surface area contributed by atoms with Gasteiger partial charge in [-0.25, -0.2) is 0 Å². The van der Waals surface area contributed by atoms with Gasteiger partial charge in [0.1, 0.15) is 0 Å². The number of guanidine groups is 1. The van der Waals surface area contributed by atoms with Crippen molar-refractivity contribution in [3.05, 3.63) is 30.3 Å². The van der Waals surface area contributed by atoms with Crippen LogP contribution in [0.1, 0.15) is 32.1 Å². The smallest absolute Gasteiger partial charge is 0.193 e. The van der Waals surface area contributed by atoms with E-state index in [1.807, 2.05) is 30.3 Å². The van der Waals surface area contributed by atoms with Gasteiger partial charge in [-0.15, -0.1) is 0 Å². The second kappa shape index (κ2) is 4.63. The highest BCUT2D eigenvalue weighted by Crippen LogP contribution is 2.57. The molecule has 2 fully saturated rings. The van der Waals surface area contributed by atoms with Gasteiger partial charge in [-0.05, 0) is 49.1 Å². The van der Waals surface area contributed by atoms with Crippen LogP contribution in [0.3, 0.4) is 0 Å². The molecular weight excluding hydrogens is 222 g/mol. The zero-order valence-corrected chi connectivity index (χ0v) is 10.7.